The first-order valence-corrected chi connectivity index (χ1v) is 6.06. The van der Waals surface area contributed by atoms with Gasteiger partial charge in [0.2, 0.25) is 0 Å². The number of hydrogen-bond acceptors (Lipinski definition) is 1. The lowest BCUT2D eigenvalue weighted by Crippen LogP contribution is -2.08. The number of aliphatic hydroxyl groups is 1. The summed E-state index contributed by atoms with van der Waals surface area (Å²) in [7, 11) is 0. The molecule has 1 nitrogen and oxygen atoms in total. The van der Waals surface area contributed by atoms with Gasteiger partial charge in [0.1, 0.15) is 11.6 Å². The van der Waals surface area contributed by atoms with E-state index in [1.807, 2.05) is 0 Å². The molecule has 6 heteroatoms. The maximum absolute atomic E-state index is 13.5. The Labute approximate surface area is 117 Å². The molecular formula is C15H11F5O. The normalized spacial score (nSPS) is 13.2. The molecule has 0 heterocycles. The van der Waals surface area contributed by atoms with Crippen LogP contribution in [0.5, 0.6) is 0 Å². The Kier molecular flexibility index (Phi) is 4.27. The van der Waals surface area contributed by atoms with Crippen LogP contribution in [0.2, 0.25) is 0 Å². The summed E-state index contributed by atoms with van der Waals surface area (Å²) in [6, 6.07) is 6.95. The molecule has 2 rings (SSSR count). The fourth-order valence-corrected chi connectivity index (χ4v) is 1.98. The smallest absolute Gasteiger partial charge is 0.388 e. The van der Waals surface area contributed by atoms with Gasteiger partial charge in [0.05, 0.1) is 11.7 Å². The van der Waals surface area contributed by atoms with Crippen molar-refractivity contribution in [2.24, 2.45) is 0 Å². The van der Waals surface area contributed by atoms with Crippen molar-refractivity contribution in [2.45, 2.75) is 18.7 Å². The van der Waals surface area contributed by atoms with E-state index in [2.05, 4.69) is 0 Å². The Morgan fingerprint density at radius 3 is 2.38 bits per heavy atom. The molecule has 0 aliphatic rings. The summed E-state index contributed by atoms with van der Waals surface area (Å²) in [4.78, 5) is 0. The number of halogens is 5. The van der Waals surface area contributed by atoms with Crippen LogP contribution in [-0.2, 0) is 12.6 Å². The molecule has 1 atom stereocenters. The largest absolute Gasteiger partial charge is 0.416 e. The van der Waals surface area contributed by atoms with E-state index in [4.69, 9.17) is 0 Å². The summed E-state index contributed by atoms with van der Waals surface area (Å²) < 4.78 is 64.2. The first kappa shape index (κ1) is 15.4. The zero-order valence-electron chi connectivity index (χ0n) is 10.7. The molecule has 0 radical (unpaired) electrons. The van der Waals surface area contributed by atoms with Gasteiger partial charge >= 0.3 is 6.18 Å². The molecule has 1 N–H and O–H groups in total. The maximum atomic E-state index is 13.5. The van der Waals surface area contributed by atoms with Gasteiger partial charge in [-0.25, -0.2) is 8.78 Å². The van der Waals surface area contributed by atoms with Crippen LogP contribution in [-0.4, -0.2) is 5.11 Å². The van der Waals surface area contributed by atoms with Crippen molar-refractivity contribution in [1.29, 1.82) is 0 Å². The second-order valence-corrected chi connectivity index (χ2v) is 4.58. The van der Waals surface area contributed by atoms with E-state index in [0.29, 0.717) is 0 Å². The molecule has 0 fully saturated rings. The van der Waals surface area contributed by atoms with Crippen LogP contribution in [0.15, 0.2) is 42.5 Å². The lowest BCUT2D eigenvalue weighted by atomic mass is 9.99. The minimum Gasteiger partial charge on any atom is -0.388 e. The highest BCUT2D eigenvalue weighted by atomic mass is 19.4. The fraction of sp³-hybridized carbons (Fsp3) is 0.200. The molecule has 0 aliphatic heterocycles. The van der Waals surface area contributed by atoms with E-state index in [0.717, 1.165) is 30.3 Å². The highest BCUT2D eigenvalue weighted by molar-refractivity contribution is 5.28. The third kappa shape index (κ3) is 3.78. The van der Waals surface area contributed by atoms with Crippen LogP contribution in [0.25, 0.3) is 0 Å². The van der Waals surface area contributed by atoms with Gasteiger partial charge < -0.3 is 5.11 Å². The predicted molar refractivity (Wildman–Crippen MR) is 66.5 cm³/mol. The van der Waals surface area contributed by atoms with Crippen LogP contribution in [0.1, 0.15) is 22.8 Å². The van der Waals surface area contributed by atoms with Crippen molar-refractivity contribution >= 4 is 0 Å². The Morgan fingerprint density at radius 1 is 1.00 bits per heavy atom. The average Bonchev–Trinajstić information content (AvgIpc) is 2.41. The molecule has 0 aliphatic carbocycles. The first-order valence-electron chi connectivity index (χ1n) is 6.06. The molecule has 0 saturated heterocycles. The van der Waals surface area contributed by atoms with E-state index in [-0.39, 0.29) is 17.5 Å². The second-order valence-electron chi connectivity index (χ2n) is 4.58. The molecule has 0 bridgehead atoms. The van der Waals surface area contributed by atoms with E-state index in [1.165, 1.54) is 12.1 Å². The maximum Gasteiger partial charge on any atom is 0.416 e. The standard InChI is InChI=1S/C15H11F5O/c16-11-4-5-13(17)12(8-11)14(21)7-9-2-1-3-10(6-9)15(18,19)20/h1-6,8,14,21H,7H2. The van der Waals surface area contributed by atoms with E-state index in [9.17, 15) is 27.1 Å². The second kappa shape index (κ2) is 5.81. The van der Waals surface area contributed by atoms with Gasteiger partial charge in [-0.3, -0.25) is 0 Å². The summed E-state index contributed by atoms with van der Waals surface area (Å²) >= 11 is 0. The zero-order valence-corrected chi connectivity index (χ0v) is 10.7. The summed E-state index contributed by atoms with van der Waals surface area (Å²) in [6.45, 7) is 0. The Balaban J connectivity index is 2.23. The minimum atomic E-state index is -4.49. The molecule has 21 heavy (non-hydrogen) atoms. The van der Waals surface area contributed by atoms with Gasteiger partial charge in [-0.05, 0) is 29.8 Å². The van der Waals surface area contributed by atoms with Gasteiger partial charge in [0.15, 0.2) is 0 Å². The molecule has 112 valence electrons. The lowest BCUT2D eigenvalue weighted by molar-refractivity contribution is -0.137. The Hall–Kier alpha value is -1.95. The molecular weight excluding hydrogens is 291 g/mol. The molecule has 0 spiro atoms. The lowest BCUT2D eigenvalue weighted by Gasteiger charge is -2.14. The Morgan fingerprint density at radius 2 is 1.71 bits per heavy atom. The van der Waals surface area contributed by atoms with E-state index >= 15 is 0 Å². The molecule has 2 aromatic rings. The van der Waals surface area contributed by atoms with Gasteiger partial charge in [0, 0.05) is 12.0 Å². The number of aliphatic hydroxyl groups excluding tert-OH is 1. The van der Waals surface area contributed by atoms with Crippen LogP contribution < -0.4 is 0 Å². The molecule has 1 unspecified atom stereocenters. The van der Waals surface area contributed by atoms with E-state index < -0.39 is 29.5 Å². The fourth-order valence-electron chi connectivity index (χ4n) is 1.98. The van der Waals surface area contributed by atoms with Gasteiger partial charge in [-0.15, -0.1) is 0 Å². The highest BCUT2D eigenvalue weighted by Gasteiger charge is 2.30. The third-order valence-corrected chi connectivity index (χ3v) is 3.00. The van der Waals surface area contributed by atoms with Crippen LogP contribution >= 0.6 is 0 Å². The average molecular weight is 302 g/mol. The molecule has 2 aromatic carbocycles. The van der Waals surface area contributed by atoms with Gasteiger partial charge in [0.25, 0.3) is 0 Å². The quantitative estimate of drug-likeness (QED) is 0.840. The number of rotatable bonds is 3. The molecule has 0 saturated carbocycles. The SMILES string of the molecule is OC(Cc1cccc(C(F)(F)F)c1)c1cc(F)ccc1F. The van der Waals surface area contributed by atoms with Crippen molar-refractivity contribution in [3.63, 3.8) is 0 Å². The molecule has 0 amide bonds. The monoisotopic (exact) mass is 302 g/mol. The minimum absolute atomic E-state index is 0.181. The van der Waals surface area contributed by atoms with Crippen molar-refractivity contribution in [3.8, 4) is 0 Å². The Bertz CT molecular complexity index is 636. The summed E-state index contributed by atoms with van der Waals surface area (Å²) in [6.07, 6.45) is -6.17. The van der Waals surface area contributed by atoms with Crippen LogP contribution in [0, 0.1) is 11.6 Å². The van der Waals surface area contributed by atoms with Gasteiger partial charge in [-0.2, -0.15) is 13.2 Å². The third-order valence-electron chi connectivity index (χ3n) is 3.00. The van der Waals surface area contributed by atoms with E-state index in [1.54, 1.807) is 0 Å². The van der Waals surface area contributed by atoms with Crippen molar-refractivity contribution in [1.82, 2.24) is 0 Å². The first-order chi connectivity index (χ1) is 9.77. The summed E-state index contributed by atoms with van der Waals surface area (Å²) in [5, 5.41) is 9.89. The van der Waals surface area contributed by atoms with Crippen LogP contribution in [0.3, 0.4) is 0 Å². The highest BCUT2D eigenvalue weighted by Crippen LogP contribution is 2.30. The number of alkyl halides is 3. The predicted octanol–water partition coefficient (Wildman–Crippen LogP) is 4.26. The zero-order chi connectivity index (χ0) is 15.6. The topological polar surface area (TPSA) is 20.2 Å². The summed E-state index contributed by atoms with van der Waals surface area (Å²) in [5.41, 5.74) is -0.958. The van der Waals surface area contributed by atoms with Gasteiger partial charge in [-0.1, -0.05) is 18.2 Å². The van der Waals surface area contributed by atoms with Crippen LogP contribution in [0.4, 0.5) is 22.0 Å². The summed E-state index contributed by atoms with van der Waals surface area (Å²) in [5.74, 6) is -1.54. The molecule has 0 aromatic heterocycles. The number of hydrogen-bond donors (Lipinski definition) is 1. The van der Waals surface area contributed by atoms with Crippen molar-refractivity contribution in [3.05, 3.63) is 70.8 Å². The van der Waals surface area contributed by atoms with Crippen molar-refractivity contribution < 1.29 is 27.1 Å². The van der Waals surface area contributed by atoms with Crippen molar-refractivity contribution in [2.75, 3.05) is 0 Å². The number of benzene rings is 2.